The molecule has 0 aromatic rings. The quantitative estimate of drug-likeness (QED) is 0.582. The van der Waals surface area contributed by atoms with Crippen LogP contribution in [0.5, 0.6) is 0 Å². The van der Waals surface area contributed by atoms with E-state index in [0.29, 0.717) is 5.66 Å². The summed E-state index contributed by atoms with van der Waals surface area (Å²) >= 11 is 0. The SMILES string of the molecule is CO[P+](=O)C1CCCCC1. The van der Waals surface area contributed by atoms with Crippen LogP contribution in [-0.4, -0.2) is 12.8 Å². The molecule has 0 amide bonds. The molecule has 2 nitrogen and oxygen atoms in total. The van der Waals surface area contributed by atoms with Gasteiger partial charge in [-0.1, -0.05) is 6.42 Å². The maximum atomic E-state index is 11.1. The molecule has 0 aromatic carbocycles. The molecule has 0 saturated heterocycles. The van der Waals surface area contributed by atoms with Crippen molar-refractivity contribution in [2.75, 3.05) is 7.11 Å². The molecule has 0 heterocycles. The molecular weight excluding hydrogens is 147 g/mol. The second kappa shape index (κ2) is 4.05. The Bertz CT molecular complexity index is 119. The van der Waals surface area contributed by atoms with Crippen LogP contribution >= 0.6 is 8.03 Å². The molecule has 0 spiro atoms. The molecule has 1 atom stereocenters. The standard InChI is InChI=1S/C7H14O2P/c1-9-10(8)7-5-3-2-4-6-7/h7H,2-6H2,1H3/q+1. The molecular formula is C7H14O2P+. The Morgan fingerprint density at radius 2 is 1.90 bits per heavy atom. The van der Waals surface area contributed by atoms with Crippen molar-refractivity contribution in [3.63, 3.8) is 0 Å². The van der Waals surface area contributed by atoms with E-state index in [9.17, 15) is 4.57 Å². The van der Waals surface area contributed by atoms with E-state index in [2.05, 4.69) is 0 Å². The second-order valence-corrected chi connectivity index (χ2v) is 4.43. The van der Waals surface area contributed by atoms with Gasteiger partial charge in [0.2, 0.25) is 0 Å². The van der Waals surface area contributed by atoms with E-state index in [1.165, 1.54) is 26.4 Å². The Balaban J connectivity index is 2.31. The zero-order chi connectivity index (χ0) is 7.40. The molecule has 0 radical (unpaired) electrons. The van der Waals surface area contributed by atoms with Gasteiger partial charge in [-0.2, -0.15) is 0 Å². The predicted molar refractivity (Wildman–Crippen MR) is 41.5 cm³/mol. The van der Waals surface area contributed by atoms with Crippen molar-refractivity contribution < 1.29 is 9.09 Å². The van der Waals surface area contributed by atoms with Gasteiger partial charge in [-0.15, -0.1) is 4.52 Å². The van der Waals surface area contributed by atoms with Crippen LogP contribution in [0.2, 0.25) is 0 Å². The van der Waals surface area contributed by atoms with Crippen molar-refractivity contribution in [2.45, 2.75) is 37.8 Å². The maximum Gasteiger partial charge on any atom is 0.510 e. The molecule has 0 bridgehead atoms. The molecule has 10 heavy (non-hydrogen) atoms. The lowest BCUT2D eigenvalue weighted by atomic mass is 10.0. The summed E-state index contributed by atoms with van der Waals surface area (Å²) < 4.78 is 15.9. The van der Waals surface area contributed by atoms with Gasteiger partial charge in [-0.25, -0.2) is 0 Å². The van der Waals surface area contributed by atoms with E-state index in [1.54, 1.807) is 0 Å². The molecule has 1 unspecified atom stereocenters. The maximum absolute atomic E-state index is 11.1. The average Bonchev–Trinajstić information content (AvgIpc) is 2.05. The first-order valence-electron chi connectivity index (χ1n) is 3.85. The highest BCUT2D eigenvalue weighted by molar-refractivity contribution is 7.40. The molecule has 3 heteroatoms. The fourth-order valence-electron chi connectivity index (χ4n) is 1.44. The highest BCUT2D eigenvalue weighted by atomic mass is 31.1. The van der Waals surface area contributed by atoms with Gasteiger partial charge in [0.1, 0.15) is 0 Å². The Morgan fingerprint density at radius 1 is 1.30 bits per heavy atom. The number of rotatable bonds is 2. The first-order valence-corrected chi connectivity index (χ1v) is 5.09. The summed E-state index contributed by atoms with van der Waals surface area (Å²) in [5.41, 5.74) is 0.355. The zero-order valence-corrected chi connectivity index (χ0v) is 7.27. The summed E-state index contributed by atoms with van der Waals surface area (Å²) in [7, 11) is 0.189. The van der Waals surface area contributed by atoms with Crippen molar-refractivity contribution in [1.29, 1.82) is 0 Å². The van der Waals surface area contributed by atoms with Gasteiger partial charge < -0.3 is 0 Å². The highest BCUT2D eigenvalue weighted by Crippen LogP contribution is 2.38. The van der Waals surface area contributed by atoms with Gasteiger partial charge in [-0.05, 0) is 30.2 Å². The van der Waals surface area contributed by atoms with Crippen LogP contribution in [0.3, 0.4) is 0 Å². The predicted octanol–water partition coefficient (Wildman–Crippen LogP) is 2.71. The smallest absolute Gasteiger partial charge is 0.149 e. The van der Waals surface area contributed by atoms with E-state index in [0.717, 1.165) is 12.8 Å². The highest BCUT2D eigenvalue weighted by Gasteiger charge is 2.32. The van der Waals surface area contributed by atoms with Crippen molar-refractivity contribution >= 4 is 8.03 Å². The molecule has 0 aliphatic heterocycles. The van der Waals surface area contributed by atoms with Crippen molar-refractivity contribution in [3.05, 3.63) is 0 Å². The van der Waals surface area contributed by atoms with Crippen LogP contribution in [0.1, 0.15) is 32.1 Å². The third kappa shape index (κ3) is 2.03. The molecule has 1 saturated carbocycles. The Morgan fingerprint density at radius 3 is 2.40 bits per heavy atom. The van der Waals surface area contributed by atoms with Gasteiger partial charge in [0, 0.05) is 0 Å². The third-order valence-electron chi connectivity index (χ3n) is 2.05. The van der Waals surface area contributed by atoms with Crippen molar-refractivity contribution in [3.8, 4) is 0 Å². The van der Waals surface area contributed by atoms with Crippen LogP contribution in [0.4, 0.5) is 0 Å². The molecule has 0 N–H and O–H groups in total. The molecule has 58 valence electrons. The number of hydrogen-bond donors (Lipinski definition) is 0. The van der Waals surface area contributed by atoms with Crippen molar-refractivity contribution in [2.24, 2.45) is 0 Å². The van der Waals surface area contributed by atoms with Gasteiger partial charge in [0.25, 0.3) is 0 Å². The summed E-state index contributed by atoms with van der Waals surface area (Å²) in [4.78, 5) is 0. The van der Waals surface area contributed by atoms with Crippen molar-refractivity contribution in [1.82, 2.24) is 0 Å². The lowest BCUT2D eigenvalue weighted by molar-refractivity contribution is 0.385. The fourth-order valence-corrected chi connectivity index (χ4v) is 2.53. The minimum atomic E-state index is -1.35. The van der Waals surface area contributed by atoms with Crippen LogP contribution in [0.15, 0.2) is 0 Å². The summed E-state index contributed by atoms with van der Waals surface area (Å²) in [6, 6.07) is 0. The van der Waals surface area contributed by atoms with E-state index < -0.39 is 8.03 Å². The summed E-state index contributed by atoms with van der Waals surface area (Å²) in [6.45, 7) is 0. The van der Waals surface area contributed by atoms with Gasteiger partial charge in [0.05, 0.1) is 7.11 Å². The Hall–Kier alpha value is 0.0600. The lowest BCUT2D eigenvalue weighted by Gasteiger charge is -2.10. The topological polar surface area (TPSA) is 26.3 Å². The summed E-state index contributed by atoms with van der Waals surface area (Å²) in [5, 5.41) is 0. The molecule has 1 aliphatic carbocycles. The second-order valence-electron chi connectivity index (χ2n) is 2.76. The molecule has 0 aromatic heterocycles. The Kier molecular flexibility index (Phi) is 3.30. The molecule has 1 fully saturated rings. The van der Waals surface area contributed by atoms with Gasteiger partial charge in [0.15, 0.2) is 5.66 Å². The normalized spacial score (nSPS) is 22.7. The summed E-state index contributed by atoms with van der Waals surface area (Å²) in [5.74, 6) is 0. The Labute approximate surface area is 62.8 Å². The lowest BCUT2D eigenvalue weighted by Crippen LogP contribution is -2.07. The third-order valence-corrected chi connectivity index (χ3v) is 3.53. The molecule has 1 aliphatic rings. The van der Waals surface area contributed by atoms with Gasteiger partial charge in [-0.3, -0.25) is 0 Å². The first kappa shape index (κ1) is 8.16. The minimum Gasteiger partial charge on any atom is -0.149 e. The van der Waals surface area contributed by atoms with Crippen LogP contribution in [0, 0.1) is 0 Å². The van der Waals surface area contributed by atoms with E-state index in [1.807, 2.05) is 0 Å². The minimum absolute atomic E-state index is 0.355. The number of hydrogen-bond acceptors (Lipinski definition) is 2. The van der Waals surface area contributed by atoms with E-state index in [-0.39, 0.29) is 0 Å². The van der Waals surface area contributed by atoms with Crippen LogP contribution in [-0.2, 0) is 9.09 Å². The van der Waals surface area contributed by atoms with Crippen LogP contribution < -0.4 is 0 Å². The first-order chi connectivity index (χ1) is 4.84. The largest absolute Gasteiger partial charge is 0.510 e. The summed E-state index contributed by atoms with van der Waals surface area (Å²) in [6.07, 6.45) is 5.97. The van der Waals surface area contributed by atoms with E-state index in [4.69, 9.17) is 4.52 Å². The zero-order valence-electron chi connectivity index (χ0n) is 6.38. The fraction of sp³-hybridized carbons (Fsp3) is 1.00. The van der Waals surface area contributed by atoms with Crippen LogP contribution in [0.25, 0.3) is 0 Å². The van der Waals surface area contributed by atoms with E-state index >= 15 is 0 Å². The monoisotopic (exact) mass is 161 g/mol. The van der Waals surface area contributed by atoms with Gasteiger partial charge >= 0.3 is 8.03 Å². The average molecular weight is 161 g/mol. The molecule has 1 rings (SSSR count).